The SMILES string of the molecule is CCCCCCCCCCC(C)On1c(C)c(CC(=O)OCC)c2ccccc21. The molecule has 0 aliphatic carbocycles. The molecule has 0 fully saturated rings. The molecule has 1 aromatic heterocycles. The van der Waals surface area contributed by atoms with E-state index < -0.39 is 0 Å². The third kappa shape index (κ3) is 7.09. The number of aromatic nitrogens is 1. The van der Waals surface area contributed by atoms with Gasteiger partial charge in [-0.3, -0.25) is 4.79 Å². The van der Waals surface area contributed by atoms with Crippen molar-refractivity contribution in [1.29, 1.82) is 0 Å². The number of fused-ring (bicyclic) bond motifs is 1. The maximum absolute atomic E-state index is 12.1. The van der Waals surface area contributed by atoms with Crippen LogP contribution < -0.4 is 4.84 Å². The second-order valence-corrected chi connectivity index (χ2v) is 8.04. The van der Waals surface area contributed by atoms with Crippen LogP contribution in [0.15, 0.2) is 24.3 Å². The zero-order valence-electron chi connectivity index (χ0n) is 18.8. The van der Waals surface area contributed by atoms with E-state index >= 15 is 0 Å². The maximum Gasteiger partial charge on any atom is 0.310 e. The largest absolute Gasteiger partial charge is 0.466 e. The van der Waals surface area contributed by atoms with Crippen molar-refractivity contribution in [2.75, 3.05) is 6.61 Å². The Balaban J connectivity index is 1.92. The average molecular weight is 402 g/mol. The molecule has 1 aromatic carbocycles. The van der Waals surface area contributed by atoms with E-state index in [0.29, 0.717) is 6.61 Å². The number of esters is 1. The molecule has 0 radical (unpaired) electrons. The van der Waals surface area contributed by atoms with Gasteiger partial charge in [-0.05, 0) is 45.2 Å². The number of rotatable bonds is 14. The highest BCUT2D eigenvalue weighted by molar-refractivity contribution is 5.89. The predicted octanol–water partition coefficient (Wildman–Crippen LogP) is 6.40. The van der Waals surface area contributed by atoms with E-state index in [-0.39, 0.29) is 18.5 Å². The normalized spacial score (nSPS) is 12.3. The van der Waals surface area contributed by atoms with Crippen LogP contribution in [0.25, 0.3) is 10.9 Å². The van der Waals surface area contributed by atoms with Crippen molar-refractivity contribution >= 4 is 16.9 Å². The number of unbranched alkanes of at least 4 members (excludes halogenated alkanes) is 7. The topological polar surface area (TPSA) is 40.5 Å². The van der Waals surface area contributed by atoms with Crippen molar-refractivity contribution in [3.63, 3.8) is 0 Å². The van der Waals surface area contributed by atoms with Gasteiger partial charge in [-0.25, -0.2) is 0 Å². The van der Waals surface area contributed by atoms with Crippen LogP contribution in [0.2, 0.25) is 0 Å². The molecule has 1 heterocycles. The van der Waals surface area contributed by atoms with Crippen molar-refractivity contribution in [2.24, 2.45) is 0 Å². The molecule has 0 saturated carbocycles. The minimum Gasteiger partial charge on any atom is -0.466 e. The molecule has 0 amide bonds. The van der Waals surface area contributed by atoms with Crippen molar-refractivity contribution in [3.05, 3.63) is 35.5 Å². The van der Waals surface area contributed by atoms with Gasteiger partial charge in [0.15, 0.2) is 0 Å². The second-order valence-electron chi connectivity index (χ2n) is 8.04. The summed E-state index contributed by atoms with van der Waals surface area (Å²) in [7, 11) is 0. The highest BCUT2D eigenvalue weighted by Gasteiger charge is 2.19. The van der Waals surface area contributed by atoms with Gasteiger partial charge in [-0.2, -0.15) is 4.73 Å². The van der Waals surface area contributed by atoms with Crippen molar-refractivity contribution < 1.29 is 14.4 Å². The smallest absolute Gasteiger partial charge is 0.310 e. The van der Waals surface area contributed by atoms with Crippen LogP contribution in [0.3, 0.4) is 0 Å². The molecule has 1 unspecified atom stereocenters. The summed E-state index contributed by atoms with van der Waals surface area (Å²) < 4.78 is 7.07. The summed E-state index contributed by atoms with van der Waals surface area (Å²) in [6, 6.07) is 8.13. The van der Waals surface area contributed by atoms with Gasteiger partial charge >= 0.3 is 5.97 Å². The zero-order chi connectivity index (χ0) is 21.1. The summed E-state index contributed by atoms with van der Waals surface area (Å²) in [6.45, 7) is 8.67. The molecule has 1 atom stereocenters. The Hall–Kier alpha value is -1.97. The van der Waals surface area contributed by atoms with E-state index in [1.54, 1.807) is 0 Å². The number of hydrogen-bond acceptors (Lipinski definition) is 3. The van der Waals surface area contributed by atoms with Gasteiger partial charge < -0.3 is 9.57 Å². The highest BCUT2D eigenvalue weighted by atomic mass is 16.7. The van der Waals surface area contributed by atoms with E-state index in [0.717, 1.165) is 28.6 Å². The minimum atomic E-state index is -0.189. The Morgan fingerprint density at radius 2 is 1.66 bits per heavy atom. The average Bonchev–Trinajstić information content (AvgIpc) is 2.96. The Labute approximate surface area is 176 Å². The highest BCUT2D eigenvalue weighted by Crippen LogP contribution is 2.26. The number of benzene rings is 1. The van der Waals surface area contributed by atoms with E-state index in [2.05, 4.69) is 26.0 Å². The molecule has 0 aliphatic heterocycles. The fraction of sp³-hybridized carbons (Fsp3) is 0.640. The second kappa shape index (κ2) is 12.6. The van der Waals surface area contributed by atoms with Gasteiger partial charge in [0, 0.05) is 5.39 Å². The third-order valence-corrected chi connectivity index (χ3v) is 5.57. The van der Waals surface area contributed by atoms with Gasteiger partial charge in [0.05, 0.1) is 24.2 Å². The molecule has 4 heteroatoms. The van der Waals surface area contributed by atoms with Gasteiger partial charge in [0.2, 0.25) is 0 Å². The van der Waals surface area contributed by atoms with Crippen molar-refractivity contribution in [2.45, 2.75) is 98.0 Å². The summed E-state index contributed by atoms with van der Waals surface area (Å²) in [5, 5.41) is 1.07. The summed E-state index contributed by atoms with van der Waals surface area (Å²) in [5.74, 6) is -0.189. The van der Waals surface area contributed by atoms with E-state index in [1.165, 1.54) is 51.4 Å². The molecule has 2 aromatic rings. The first kappa shape index (κ1) is 23.3. The number of para-hydroxylation sites is 1. The van der Waals surface area contributed by atoms with Crippen LogP contribution in [0.5, 0.6) is 0 Å². The number of carbonyl (C=O) groups excluding carboxylic acids is 1. The van der Waals surface area contributed by atoms with E-state index in [1.807, 2.05) is 30.7 Å². The molecule has 4 nitrogen and oxygen atoms in total. The summed E-state index contributed by atoms with van der Waals surface area (Å²) in [5.41, 5.74) is 3.01. The quantitative estimate of drug-likeness (QED) is 0.271. The fourth-order valence-electron chi connectivity index (χ4n) is 3.92. The number of carbonyl (C=O) groups is 1. The summed E-state index contributed by atoms with van der Waals surface area (Å²) >= 11 is 0. The first-order chi connectivity index (χ1) is 14.1. The lowest BCUT2D eigenvalue weighted by molar-refractivity contribution is -0.142. The van der Waals surface area contributed by atoms with Crippen LogP contribution in [-0.4, -0.2) is 23.4 Å². The lowest BCUT2D eigenvalue weighted by atomic mass is 10.1. The molecule has 0 bridgehead atoms. The predicted molar refractivity (Wildman–Crippen MR) is 120 cm³/mol. The molecule has 2 rings (SSSR count). The maximum atomic E-state index is 12.1. The van der Waals surface area contributed by atoms with Crippen LogP contribution in [-0.2, 0) is 16.0 Å². The molecule has 0 saturated heterocycles. The van der Waals surface area contributed by atoms with Crippen LogP contribution in [0, 0.1) is 6.92 Å². The first-order valence-electron chi connectivity index (χ1n) is 11.5. The first-order valence-corrected chi connectivity index (χ1v) is 11.5. The molecular formula is C25H39NO3. The standard InChI is InChI=1S/C25H39NO3/c1-5-7-8-9-10-11-12-13-16-20(3)29-26-21(4)23(19-25(27)28-6-2)22-17-14-15-18-24(22)26/h14-15,17-18,20H,5-13,16,19H2,1-4H3. The molecule has 0 spiro atoms. The Morgan fingerprint density at radius 1 is 1.00 bits per heavy atom. The molecule has 0 aliphatic rings. The minimum absolute atomic E-state index is 0.139. The third-order valence-electron chi connectivity index (χ3n) is 5.57. The van der Waals surface area contributed by atoms with Gasteiger partial charge in [0.25, 0.3) is 0 Å². The van der Waals surface area contributed by atoms with Gasteiger partial charge in [-0.15, -0.1) is 0 Å². The Kier molecular flexibility index (Phi) is 10.1. The lowest BCUT2D eigenvalue weighted by Gasteiger charge is -2.17. The van der Waals surface area contributed by atoms with E-state index in [4.69, 9.17) is 9.57 Å². The summed E-state index contributed by atoms with van der Waals surface area (Å²) in [6.07, 6.45) is 12.1. The van der Waals surface area contributed by atoms with Gasteiger partial charge in [-0.1, -0.05) is 70.1 Å². The fourth-order valence-corrected chi connectivity index (χ4v) is 3.92. The molecular weight excluding hydrogens is 362 g/mol. The Morgan fingerprint density at radius 3 is 2.34 bits per heavy atom. The number of hydrogen-bond donors (Lipinski definition) is 0. The zero-order valence-corrected chi connectivity index (χ0v) is 18.8. The van der Waals surface area contributed by atoms with Crippen LogP contribution >= 0.6 is 0 Å². The van der Waals surface area contributed by atoms with E-state index in [9.17, 15) is 4.79 Å². The monoisotopic (exact) mass is 401 g/mol. The lowest BCUT2D eigenvalue weighted by Crippen LogP contribution is -2.23. The van der Waals surface area contributed by atoms with Crippen LogP contribution in [0.4, 0.5) is 0 Å². The summed E-state index contributed by atoms with van der Waals surface area (Å²) in [4.78, 5) is 18.4. The molecule has 162 valence electrons. The molecule has 0 N–H and O–H groups in total. The number of nitrogens with zero attached hydrogens (tertiary/aromatic N) is 1. The number of ether oxygens (including phenoxy) is 1. The van der Waals surface area contributed by atoms with Crippen LogP contribution in [0.1, 0.15) is 89.8 Å². The van der Waals surface area contributed by atoms with Crippen molar-refractivity contribution in [1.82, 2.24) is 4.73 Å². The Bertz CT molecular complexity index is 750. The molecule has 29 heavy (non-hydrogen) atoms. The van der Waals surface area contributed by atoms with Crippen molar-refractivity contribution in [3.8, 4) is 0 Å². The van der Waals surface area contributed by atoms with Gasteiger partial charge in [0.1, 0.15) is 6.10 Å².